The summed E-state index contributed by atoms with van der Waals surface area (Å²) in [6.07, 6.45) is 4.84. The van der Waals surface area contributed by atoms with E-state index < -0.39 is 5.54 Å². The van der Waals surface area contributed by atoms with Crippen LogP contribution in [0.15, 0.2) is 42.7 Å². The number of piperidine rings is 1. The van der Waals surface area contributed by atoms with Crippen LogP contribution in [0.2, 0.25) is 0 Å². The zero-order valence-corrected chi connectivity index (χ0v) is 14.1. The fourth-order valence-corrected chi connectivity index (χ4v) is 3.04. The number of hydrogen-bond donors (Lipinski definition) is 4. The van der Waals surface area contributed by atoms with Crippen LogP contribution in [0.4, 0.5) is 16.2 Å². The molecule has 4 N–H and O–H groups in total. The minimum absolute atomic E-state index is 0.102. The summed E-state index contributed by atoms with van der Waals surface area (Å²) in [7, 11) is 1.55. The van der Waals surface area contributed by atoms with Gasteiger partial charge in [0.25, 0.3) is 5.91 Å². The van der Waals surface area contributed by atoms with Crippen molar-refractivity contribution in [2.75, 3.05) is 30.8 Å². The third-order valence-corrected chi connectivity index (χ3v) is 4.40. The average Bonchev–Trinajstić information content (AvgIpc) is 3.17. The molecule has 2 aromatic rings. The van der Waals surface area contributed by atoms with Crippen molar-refractivity contribution in [2.24, 2.45) is 0 Å². The van der Waals surface area contributed by atoms with E-state index in [0.717, 1.165) is 13.1 Å². The van der Waals surface area contributed by atoms with Gasteiger partial charge >= 0.3 is 6.03 Å². The van der Waals surface area contributed by atoms with Gasteiger partial charge in [-0.3, -0.25) is 9.48 Å². The molecule has 1 aliphatic heterocycles. The van der Waals surface area contributed by atoms with Gasteiger partial charge < -0.3 is 21.3 Å². The van der Waals surface area contributed by atoms with Crippen LogP contribution < -0.4 is 21.3 Å². The molecule has 0 radical (unpaired) electrons. The highest BCUT2D eigenvalue weighted by Crippen LogP contribution is 2.29. The van der Waals surface area contributed by atoms with Crippen LogP contribution >= 0.6 is 0 Å². The Kier molecular flexibility index (Phi) is 4.99. The minimum atomic E-state index is -0.709. The summed E-state index contributed by atoms with van der Waals surface area (Å²) >= 11 is 0. The molecule has 132 valence electrons. The number of benzene rings is 1. The summed E-state index contributed by atoms with van der Waals surface area (Å²) < 4.78 is 1.75. The van der Waals surface area contributed by atoms with Gasteiger partial charge in [-0.1, -0.05) is 6.07 Å². The molecular formula is C17H22N6O2. The highest BCUT2D eigenvalue weighted by atomic mass is 16.2. The minimum Gasteiger partial charge on any atom is -0.341 e. The molecule has 8 nitrogen and oxygen atoms in total. The second kappa shape index (κ2) is 7.35. The van der Waals surface area contributed by atoms with Crippen molar-refractivity contribution in [3.8, 4) is 0 Å². The van der Waals surface area contributed by atoms with Crippen LogP contribution in [-0.2, 0) is 10.3 Å². The Bertz CT molecular complexity index is 737. The molecule has 0 unspecified atom stereocenters. The number of rotatable bonds is 4. The first kappa shape index (κ1) is 17.0. The molecule has 0 spiro atoms. The number of carbonyl (C=O) groups is 2. The number of urea groups is 1. The lowest BCUT2D eigenvalue weighted by molar-refractivity contribution is -0.126. The molecule has 1 fully saturated rings. The van der Waals surface area contributed by atoms with E-state index >= 15 is 0 Å². The summed E-state index contributed by atoms with van der Waals surface area (Å²) in [4.78, 5) is 24.5. The lowest BCUT2D eigenvalue weighted by atomic mass is 9.87. The molecule has 1 aliphatic rings. The van der Waals surface area contributed by atoms with Crippen molar-refractivity contribution in [2.45, 2.75) is 18.4 Å². The zero-order chi connectivity index (χ0) is 17.7. The number of nitrogens with zero attached hydrogens (tertiary/aromatic N) is 2. The van der Waals surface area contributed by atoms with E-state index in [9.17, 15) is 9.59 Å². The lowest BCUT2D eigenvalue weighted by Crippen LogP contribution is -2.52. The summed E-state index contributed by atoms with van der Waals surface area (Å²) in [6.45, 7) is 1.51. The highest BCUT2D eigenvalue weighted by Gasteiger charge is 2.42. The largest absolute Gasteiger partial charge is 0.341 e. The number of amides is 3. The first-order valence-corrected chi connectivity index (χ1v) is 8.25. The van der Waals surface area contributed by atoms with Gasteiger partial charge in [-0.15, -0.1) is 0 Å². The standard InChI is InChI=1S/C17H22N6O2/c1-18-16(25)22-14-5-2-4-13(12-14)21-15(24)17(6-9-19-10-7-17)23-11-3-8-20-23/h2-5,8,11-12,19H,6-7,9-10H2,1H3,(H,21,24)(H2,18,22,25). The third-order valence-electron chi connectivity index (χ3n) is 4.40. The van der Waals surface area contributed by atoms with Gasteiger partial charge in [0.05, 0.1) is 0 Å². The smallest absolute Gasteiger partial charge is 0.318 e. The molecule has 1 saturated heterocycles. The van der Waals surface area contributed by atoms with E-state index in [0.29, 0.717) is 24.2 Å². The number of hydrogen-bond acceptors (Lipinski definition) is 4. The van der Waals surface area contributed by atoms with Crippen molar-refractivity contribution < 1.29 is 9.59 Å². The molecule has 0 atom stereocenters. The van der Waals surface area contributed by atoms with Crippen LogP contribution in [-0.4, -0.2) is 41.9 Å². The molecule has 8 heteroatoms. The second-order valence-corrected chi connectivity index (χ2v) is 5.97. The molecular weight excluding hydrogens is 320 g/mol. The van der Waals surface area contributed by atoms with Crippen molar-refractivity contribution in [3.63, 3.8) is 0 Å². The fourth-order valence-electron chi connectivity index (χ4n) is 3.04. The molecule has 1 aromatic carbocycles. The monoisotopic (exact) mass is 342 g/mol. The van der Waals surface area contributed by atoms with Gasteiger partial charge in [-0.05, 0) is 50.2 Å². The maximum absolute atomic E-state index is 13.1. The van der Waals surface area contributed by atoms with Crippen LogP contribution in [0.25, 0.3) is 0 Å². The number of carbonyl (C=O) groups excluding carboxylic acids is 2. The Labute approximate surface area is 146 Å². The molecule has 0 saturated carbocycles. The first-order chi connectivity index (χ1) is 12.1. The van der Waals surface area contributed by atoms with Crippen molar-refractivity contribution in [1.29, 1.82) is 0 Å². The molecule has 3 rings (SSSR count). The number of nitrogens with one attached hydrogen (secondary N) is 4. The Hall–Kier alpha value is -2.87. The van der Waals surface area contributed by atoms with Gasteiger partial charge in [0.15, 0.2) is 0 Å². The van der Waals surface area contributed by atoms with Crippen LogP contribution in [0, 0.1) is 0 Å². The maximum atomic E-state index is 13.1. The van der Waals surface area contributed by atoms with E-state index in [-0.39, 0.29) is 11.9 Å². The summed E-state index contributed by atoms with van der Waals surface area (Å²) in [5.41, 5.74) is 0.526. The van der Waals surface area contributed by atoms with Gasteiger partial charge in [0.2, 0.25) is 0 Å². The summed E-state index contributed by atoms with van der Waals surface area (Å²) in [6, 6.07) is 8.58. The zero-order valence-electron chi connectivity index (χ0n) is 14.1. The number of aromatic nitrogens is 2. The quantitative estimate of drug-likeness (QED) is 0.674. The third kappa shape index (κ3) is 3.63. The Balaban J connectivity index is 1.80. The molecule has 25 heavy (non-hydrogen) atoms. The summed E-state index contributed by atoms with van der Waals surface area (Å²) in [5.74, 6) is -0.102. The number of anilines is 2. The fraction of sp³-hybridized carbons (Fsp3) is 0.353. The van der Waals surface area contributed by atoms with Gasteiger partial charge in [-0.25, -0.2) is 4.79 Å². The topological polar surface area (TPSA) is 100 Å². The van der Waals surface area contributed by atoms with Gasteiger partial charge in [0, 0.05) is 30.8 Å². The first-order valence-electron chi connectivity index (χ1n) is 8.25. The predicted molar refractivity (Wildman–Crippen MR) is 95.5 cm³/mol. The maximum Gasteiger partial charge on any atom is 0.318 e. The van der Waals surface area contributed by atoms with Crippen LogP contribution in [0.3, 0.4) is 0 Å². The molecule has 0 bridgehead atoms. The highest BCUT2D eigenvalue weighted by molar-refractivity contribution is 5.97. The van der Waals surface area contributed by atoms with Gasteiger partial charge in [0.1, 0.15) is 5.54 Å². The predicted octanol–water partition coefficient (Wildman–Crippen LogP) is 1.35. The lowest BCUT2D eigenvalue weighted by Gasteiger charge is -2.36. The SMILES string of the molecule is CNC(=O)Nc1cccc(NC(=O)C2(n3cccn3)CCNCC2)c1. The molecule has 2 heterocycles. The van der Waals surface area contributed by atoms with Crippen molar-refractivity contribution >= 4 is 23.3 Å². The average molecular weight is 342 g/mol. The van der Waals surface area contributed by atoms with E-state index in [1.54, 1.807) is 42.2 Å². The Morgan fingerprint density at radius 2 is 1.88 bits per heavy atom. The van der Waals surface area contributed by atoms with Crippen LogP contribution in [0.5, 0.6) is 0 Å². The molecule has 0 aliphatic carbocycles. The van der Waals surface area contributed by atoms with E-state index in [2.05, 4.69) is 26.4 Å². The van der Waals surface area contributed by atoms with Crippen molar-refractivity contribution in [3.05, 3.63) is 42.7 Å². The Morgan fingerprint density at radius 1 is 1.16 bits per heavy atom. The van der Waals surface area contributed by atoms with Crippen LogP contribution in [0.1, 0.15) is 12.8 Å². The van der Waals surface area contributed by atoms with Crippen molar-refractivity contribution in [1.82, 2.24) is 20.4 Å². The van der Waals surface area contributed by atoms with E-state index in [1.807, 2.05) is 12.3 Å². The van der Waals surface area contributed by atoms with Gasteiger partial charge in [-0.2, -0.15) is 5.10 Å². The Morgan fingerprint density at radius 3 is 2.52 bits per heavy atom. The van der Waals surface area contributed by atoms with E-state index in [4.69, 9.17) is 0 Å². The molecule has 1 aromatic heterocycles. The summed E-state index contributed by atoms with van der Waals surface area (Å²) in [5, 5.41) is 15.7. The normalized spacial score (nSPS) is 16.0. The second-order valence-electron chi connectivity index (χ2n) is 5.97. The van der Waals surface area contributed by atoms with E-state index in [1.165, 1.54) is 0 Å². The molecule has 3 amide bonds.